The largest absolute Gasteiger partial charge is 0.489 e. The van der Waals surface area contributed by atoms with Crippen molar-refractivity contribution in [2.45, 2.75) is 26.0 Å². The van der Waals surface area contributed by atoms with E-state index in [4.69, 9.17) is 21.1 Å². The van der Waals surface area contributed by atoms with Gasteiger partial charge in [0.25, 0.3) is 0 Å². The van der Waals surface area contributed by atoms with Gasteiger partial charge in [-0.05, 0) is 18.1 Å². The van der Waals surface area contributed by atoms with Crippen LogP contribution in [0, 0.1) is 5.92 Å². The minimum absolute atomic E-state index is 0.0640. The highest BCUT2D eigenvalue weighted by atomic mass is 35.5. The molecular weight excluding hydrogens is 294 g/mol. The van der Waals surface area contributed by atoms with E-state index in [9.17, 15) is 9.90 Å². The van der Waals surface area contributed by atoms with Crippen LogP contribution in [0.1, 0.15) is 13.8 Å². The molecule has 0 saturated heterocycles. The third kappa shape index (κ3) is 5.91. The van der Waals surface area contributed by atoms with Gasteiger partial charge in [0, 0.05) is 6.54 Å². The summed E-state index contributed by atoms with van der Waals surface area (Å²) in [7, 11) is 1.34. The van der Waals surface area contributed by atoms with Crippen LogP contribution in [0.2, 0.25) is 5.02 Å². The molecule has 0 aliphatic heterocycles. The molecule has 2 unspecified atom stereocenters. The summed E-state index contributed by atoms with van der Waals surface area (Å²) < 4.78 is 10.2. The number of esters is 1. The van der Waals surface area contributed by atoms with Crippen LogP contribution in [0.4, 0.5) is 0 Å². The number of benzene rings is 1. The first-order valence-electron chi connectivity index (χ1n) is 6.82. The molecule has 0 fully saturated rings. The van der Waals surface area contributed by atoms with Crippen LogP contribution < -0.4 is 10.1 Å². The zero-order valence-corrected chi connectivity index (χ0v) is 13.3. The van der Waals surface area contributed by atoms with Crippen LogP contribution in [-0.2, 0) is 9.53 Å². The van der Waals surface area contributed by atoms with Gasteiger partial charge in [0.1, 0.15) is 24.5 Å². The molecule has 2 atom stereocenters. The van der Waals surface area contributed by atoms with Crippen molar-refractivity contribution in [2.75, 3.05) is 20.3 Å². The summed E-state index contributed by atoms with van der Waals surface area (Å²) >= 11 is 5.95. The maximum atomic E-state index is 11.6. The van der Waals surface area contributed by atoms with Crippen molar-refractivity contribution < 1.29 is 19.4 Å². The number of nitrogens with one attached hydrogen (secondary N) is 1. The number of para-hydroxylation sites is 1. The molecule has 0 radical (unpaired) electrons. The Morgan fingerprint density at radius 2 is 2.05 bits per heavy atom. The quantitative estimate of drug-likeness (QED) is 0.717. The van der Waals surface area contributed by atoms with E-state index < -0.39 is 12.1 Å². The summed E-state index contributed by atoms with van der Waals surface area (Å²) in [5, 5.41) is 13.4. The van der Waals surface area contributed by atoms with Gasteiger partial charge in [-0.15, -0.1) is 0 Å². The van der Waals surface area contributed by atoms with Crippen molar-refractivity contribution in [3.05, 3.63) is 29.3 Å². The Bertz CT molecular complexity index is 453. The fourth-order valence-corrected chi connectivity index (χ4v) is 1.98. The van der Waals surface area contributed by atoms with Gasteiger partial charge >= 0.3 is 5.97 Å². The average molecular weight is 316 g/mol. The monoisotopic (exact) mass is 315 g/mol. The molecule has 1 aromatic rings. The van der Waals surface area contributed by atoms with Gasteiger partial charge in [-0.2, -0.15) is 0 Å². The summed E-state index contributed by atoms with van der Waals surface area (Å²) in [4.78, 5) is 11.6. The molecule has 21 heavy (non-hydrogen) atoms. The molecule has 2 N–H and O–H groups in total. The predicted octanol–water partition coefficient (Wildman–Crippen LogP) is 1.87. The van der Waals surface area contributed by atoms with E-state index in [1.165, 1.54) is 7.11 Å². The van der Waals surface area contributed by atoms with E-state index in [2.05, 4.69) is 5.32 Å². The molecular formula is C15H22ClNO4. The van der Waals surface area contributed by atoms with Gasteiger partial charge in [0.05, 0.1) is 12.1 Å². The van der Waals surface area contributed by atoms with E-state index in [0.29, 0.717) is 10.8 Å². The molecule has 0 amide bonds. The number of carbonyl (C=O) groups is 1. The first kappa shape index (κ1) is 17.8. The molecule has 6 heteroatoms. The first-order valence-corrected chi connectivity index (χ1v) is 7.20. The number of hydrogen-bond acceptors (Lipinski definition) is 5. The van der Waals surface area contributed by atoms with E-state index in [-0.39, 0.29) is 25.0 Å². The van der Waals surface area contributed by atoms with Crippen molar-refractivity contribution in [1.29, 1.82) is 0 Å². The lowest BCUT2D eigenvalue weighted by Gasteiger charge is -2.21. The SMILES string of the molecule is COC(=O)C(NCC(O)COc1ccccc1Cl)C(C)C. The fourth-order valence-electron chi connectivity index (χ4n) is 1.79. The second-order valence-corrected chi connectivity index (χ2v) is 5.46. The van der Waals surface area contributed by atoms with Crippen LogP contribution in [0.5, 0.6) is 5.75 Å². The van der Waals surface area contributed by atoms with Crippen LogP contribution in [0.15, 0.2) is 24.3 Å². The van der Waals surface area contributed by atoms with Crippen molar-refractivity contribution in [3.63, 3.8) is 0 Å². The average Bonchev–Trinajstić information content (AvgIpc) is 2.45. The van der Waals surface area contributed by atoms with Crippen molar-refractivity contribution in [1.82, 2.24) is 5.32 Å². The van der Waals surface area contributed by atoms with Gasteiger partial charge in [-0.1, -0.05) is 37.6 Å². The number of hydrogen-bond donors (Lipinski definition) is 2. The van der Waals surface area contributed by atoms with Gasteiger partial charge in [-0.25, -0.2) is 0 Å². The van der Waals surface area contributed by atoms with Crippen LogP contribution >= 0.6 is 11.6 Å². The van der Waals surface area contributed by atoms with Crippen molar-refractivity contribution in [3.8, 4) is 5.75 Å². The molecule has 0 heterocycles. The number of carbonyl (C=O) groups excluding carboxylic acids is 1. The molecule has 118 valence electrons. The van der Waals surface area contributed by atoms with E-state index in [0.717, 1.165) is 0 Å². The molecule has 1 rings (SSSR count). The normalized spacial score (nSPS) is 13.8. The van der Waals surface area contributed by atoms with E-state index in [1.807, 2.05) is 13.8 Å². The topological polar surface area (TPSA) is 67.8 Å². The summed E-state index contributed by atoms with van der Waals surface area (Å²) in [6, 6.07) is 6.60. The van der Waals surface area contributed by atoms with Crippen LogP contribution in [-0.4, -0.2) is 43.5 Å². The number of aliphatic hydroxyl groups excluding tert-OH is 1. The lowest BCUT2D eigenvalue weighted by molar-refractivity contribution is -0.144. The number of aliphatic hydroxyl groups is 1. The summed E-state index contributed by atoms with van der Waals surface area (Å²) in [6.45, 7) is 4.12. The minimum atomic E-state index is -0.757. The van der Waals surface area contributed by atoms with Gasteiger partial charge in [0.15, 0.2) is 0 Å². The Kier molecular flexibility index (Phi) is 7.50. The van der Waals surface area contributed by atoms with Gasteiger partial charge in [0.2, 0.25) is 0 Å². The molecule has 0 saturated carbocycles. The molecule has 5 nitrogen and oxygen atoms in total. The molecule has 0 aliphatic rings. The Hall–Kier alpha value is -1.30. The smallest absolute Gasteiger partial charge is 0.323 e. The molecule has 1 aromatic carbocycles. The molecule has 0 aliphatic carbocycles. The molecule has 0 spiro atoms. The highest BCUT2D eigenvalue weighted by molar-refractivity contribution is 6.32. The standard InChI is InChI=1S/C15H22ClNO4/c1-10(2)14(15(19)20-3)17-8-11(18)9-21-13-7-5-4-6-12(13)16/h4-7,10-11,14,17-18H,8-9H2,1-3H3. The van der Waals surface area contributed by atoms with E-state index >= 15 is 0 Å². The number of rotatable bonds is 8. The van der Waals surface area contributed by atoms with E-state index in [1.54, 1.807) is 24.3 Å². The highest BCUT2D eigenvalue weighted by Crippen LogP contribution is 2.23. The molecule has 0 aromatic heterocycles. The molecule has 0 bridgehead atoms. The third-order valence-corrected chi connectivity index (χ3v) is 3.28. The van der Waals surface area contributed by atoms with Gasteiger partial charge < -0.3 is 19.9 Å². The predicted molar refractivity (Wildman–Crippen MR) is 81.6 cm³/mol. The lowest BCUT2D eigenvalue weighted by atomic mass is 10.0. The Labute approximate surface area is 130 Å². The second-order valence-electron chi connectivity index (χ2n) is 5.05. The number of ether oxygens (including phenoxy) is 2. The number of halogens is 1. The zero-order valence-electron chi connectivity index (χ0n) is 12.5. The summed E-state index contributed by atoms with van der Waals surface area (Å²) in [5.74, 6) is 0.241. The van der Waals surface area contributed by atoms with Crippen molar-refractivity contribution >= 4 is 17.6 Å². The maximum Gasteiger partial charge on any atom is 0.323 e. The highest BCUT2D eigenvalue weighted by Gasteiger charge is 2.23. The minimum Gasteiger partial charge on any atom is -0.489 e. The van der Waals surface area contributed by atoms with Crippen molar-refractivity contribution in [2.24, 2.45) is 5.92 Å². The fraction of sp³-hybridized carbons (Fsp3) is 0.533. The second kappa shape index (κ2) is 8.87. The maximum absolute atomic E-state index is 11.6. The number of methoxy groups -OCH3 is 1. The third-order valence-electron chi connectivity index (χ3n) is 2.96. The first-order chi connectivity index (χ1) is 9.95. The Morgan fingerprint density at radius 3 is 2.62 bits per heavy atom. The zero-order chi connectivity index (χ0) is 15.8. The van der Waals surface area contributed by atoms with Crippen LogP contribution in [0.25, 0.3) is 0 Å². The Balaban J connectivity index is 2.41. The summed E-state index contributed by atoms with van der Waals surface area (Å²) in [5.41, 5.74) is 0. The summed E-state index contributed by atoms with van der Waals surface area (Å²) in [6.07, 6.45) is -0.757. The lowest BCUT2D eigenvalue weighted by Crippen LogP contribution is -2.46. The Morgan fingerprint density at radius 1 is 1.38 bits per heavy atom. The van der Waals surface area contributed by atoms with Crippen LogP contribution in [0.3, 0.4) is 0 Å². The van der Waals surface area contributed by atoms with Gasteiger partial charge in [-0.3, -0.25) is 4.79 Å².